The minimum atomic E-state index is 0.0768. The molecule has 2 aromatic rings. The van der Waals surface area contributed by atoms with Gasteiger partial charge < -0.3 is 5.32 Å². The van der Waals surface area contributed by atoms with Gasteiger partial charge in [0.25, 0.3) is 0 Å². The molecule has 16 heavy (non-hydrogen) atoms. The minimum absolute atomic E-state index is 0.0768. The van der Waals surface area contributed by atoms with Crippen LogP contribution >= 0.6 is 0 Å². The van der Waals surface area contributed by atoms with Crippen LogP contribution in [0, 0.1) is 0 Å². The highest BCUT2D eigenvalue weighted by Crippen LogP contribution is 2.16. The number of aromatic nitrogens is 2. The summed E-state index contributed by atoms with van der Waals surface area (Å²) >= 11 is 0. The first-order valence-corrected chi connectivity index (χ1v) is 5.02. The van der Waals surface area contributed by atoms with E-state index in [1.165, 1.54) is 0 Å². The van der Waals surface area contributed by atoms with Crippen LogP contribution < -0.4 is 5.32 Å². The summed E-state index contributed by atoms with van der Waals surface area (Å²) in [5.74, 6) is 0.0768. The normalized spacial score (nSPS) is 10.1. The zero-order chi connectivity index (χ0) is 11.5. The number of ketones is 1. The van der Waals surface area contributed by atoms with Crippen LogP contribution in [0.4, 0.5) is 11.4 Å². The highest BCUT2D eigenvalue weighted by atomic mass is 16.1. The van der Waals surface area contributed by atoms with Crippen LogP contribution in [0.15, 0.2) is 36.7 Å². The zero-order valence-corrected chi connectivity index (χ0v) is 9.27. The standard InChI is InChI=1S/C12H13N3O/c1-9(16)10-3-5-11(6-4-10)14-12-7-13-15(2)8-12/h3-8,14H,1-2H3. The second-order valence-electron chi connectivity index (χ2n) is 3.66. The van der Waals surface area contributed by atoms with Gasteiger partial charge >= 0.3 is 0 Å². The van der Waals surface area contributed by atoms with Crippen LogP contribution in [-0.4, -0.2) is 15.6 Å². The van der Waals surface area contributed by atoms with Crippen LogP contribution in [0.2, 0.25) is 0 Å². The molecule has 0 saturated heterocycles. The first-order valence-electron chi connectivity index (χ1n) is 5.02. The summed E-state index contributed by atoms with van der Waals surface area (Å²) in [6, 6.07) is 7.37. The largest absolute Gasteiger partial charge is 0.353 e. The number of hydrogen-bond acceptors (Lipinski definition) is 3. The second kappa shape index (κ2) is 4.18. The van der Waals surface area contributed by atoms with Crippen molar-refractivity contribution in [3.63, 3.8) is 0 Å². The molecular weight excluding hydrogens is 202 g/mol. The van der Waals surface area contributed by atoms with Gasteiger partial charge in [-0.25, -0.2) is 0 Å². The molecular formula is C12H13N3O. The van der Waals surface area contributed by atoms with E-state index in [1.807, 2.05) is 25.4 Å². The summed E-state index contributed by atoms with van der Waals surface area (Å²) < 4.78 is 1.73. The molecule has 0 fully saturated rings. The summed E-state index contributed by atoms with van der Waals surface area (Å²) in [6.07, 6.45) is 3.64. The van der Waals surface area contributed by atoms with Crippen LogP contribution in [0.3, 0.4) is 0 Å². The van der Waals surface area contributed by atoms with Crippen LogP contribution in [-0.2, 0) is 7.05 Å². The van der Waals surface area contributed by atoms with E-state index in [0.717, 1.165) is 16.9 Å². The van der Waals surface area contributed by atoms with Gasteiger partial charge in [0.2, 0.25) is 0 Å². The highest BCUT2D eigenvalue weighted by molar-refractivity contribution is 5.94. The molecule has 4 nitrogen and oxygen atoms in total. The Morgan fingerprint density at radius 1 is 1.25 bits per heavy atom. The molecule has 4 heteroatoms. The van der Waals surface area contributed by atoms with Gasteiger partial charge in [0.15, 0.2) is 5.78 Å². The van der Waals surface area contributed by atoms with E-state index in [9.17, 15) is 4.79 Å². The van der Waals surface area contributed by atoms with E-state index in [4.69, 9.17) is 0 Å². The predicted molar refractivity (Wildman–Crippen MR) is 62.9 cm³/mol. The van der Waals surface area contributed by atoms with Crippen molar-refractivity contribution in [1.82, 2.24) is 9.78 Å². The molecule has 0 aliphatic heterocycles. The number of nitrogens with one attached hydrogen (secondary N) is 1. The summed E-state index contributed by atoms with van der Waals surface area (Å²) in [5.41, 5.74) is 2.59. The van der Waals surface area contributed by atoms with E-state index in [-0.39, 0.29) is 5.78 Å². The number of hydrogen-bond donors (Lipinski definition) is 1. The minimum Gasteiger partial charge on any atom is -0.353 e. The molecule has 0 atom stereocenters. The topological polar surface area (TPSA) is 46.9 Å². The molecule has 0 saturated carbocycles. The Kier molecular flexibility index (Phi) is 2.72. The molecule has 0 unspecified atom stereocenters. The van der Waals surface area contributed by atoms with E-state index >= 15 is 0 Å². The molecule has 0 aliphatic carbocycles. The lowest BCUT2D eigenvalue weighted by atomic mass is 10.1. The van der Waals surface area contributed by atoms with Crippen molar-refractivity contribution in [2.45, 2.75) is 6.92 Å². The Balaban J connectivity index is 2.14. The van der Waals surface area contributed by atoms with E-state index in [1.54, 1.807) is 29.9 Å². The monoisotopic (exact) mass is 215 g/mol. The fourth-order valence-electron chi connectivity index (χ4n) is 1.44. The molecule has 1 aromatic carbocycles. The Morgan fingerprint density at radius 2 is 1.94 bits per heavy atom. The molecule has 0 amide bonds. The van der Waals surface area contributed by atoms with Crippen molar-refractivity contribution < 1.29 is 4.79 Å². The van der Waals surface area contributed by atoms with Gasteiger partial charge in [-0.3, -0.25) is 9.48 Å². The van der Waals surface area contributed by atoms with Crippen LogP contribution in [0.5, 0.6) is 0 Å². The average molecular weight is 215 g/mol. The van der Waals surface area contributed by atoms with Crippen molar-refractivity contribution in [3.05, 3.63) is 42.2 Å². The van der Waals surface area contributed by atoms with Crippen molar-refractivity contribution in [2.75, 3.05) is 5.32 Å². The van der Waals surface area contributed by atoms with Crippen LogP contribution in [0.25, 0.3) is 0 Å². The molecule has 2 rings (SSSR count). The fourth-order valence-corrected chi connectivity index (χ4v) is 1.44. The quantitative estimate of drug-likeness (QED) is 0.799. The van der Waals surface area contributed by atoms with Crippen molar-refractivity contribution in [2.24, 2.45) is 7.05 Å². The van der Waals surface area contributed by atoms with E-state index < -0.39 is 0 Å². The van der Waals surface area contributed by atoms with E-state index in [0.29, 0.717) is 0 Å². The average Bonchev–Trinajstić information content (AvgIpc) is 2.65. The smallest absolute Gasteiger partial charge is 0.159 e. The Bertz CT molecular complexity index is 499. The lowest BCUT2D eigenvalue weighted by Crippen LogP contribution is -1.93. The number of nitrogens with zero attached hydrogens (tertiary/aromatic N) is 2. The number of anilines is 2. The third kappa shape index (κ3) is 2.28. The number of rotatable bonds is 3. The maximum absolute atomic E-state index is 11.1. The molecule has 0 bridgehead atoms. The van der Waals surface area contributed by atoms with Gasteiger partial charge in [0.1, 0.15) is 0 Å². The zero-order valence-electron chi connectivity index (χ0n) is 9.27. The maximum Gasteiger partial charge on any atom is 0.159 e. The summed E-state index contributed by atoms with van der Waals surface area (Å²) in [7, 11) is 1.87. The SMILES string of the molecule is CC(=O)c1ccc(Nc2cnn(C)c2)cc1. The molecule has 1 N–H and O–H groups in total. The number of carbonyl (C=O) groups is 1. The Labute approximate surface area is 93.9 Å². The second-order valence-corrected chi connectivity index (χ2v) is 3.66. The number of benzene rings is 1. The lowest BCUT2D eigenvalue weighted by Gasteiger charge is -2.03. The maximum atomic E-state index is 11.1. The van der Waals surface area contributed by atoms with Gasteiger partial charge in [-0.2, -0.15) is 5.10 Å². The summed E-state index contributed by atoms with van der Waals surface area (Å²) in [5, 5.41) is 7.25. The van der Waals surface area contributed by atoms with Crippen molar-refractivity contribution in [1.29, 1.82) is 0 Å². The summed E-state index contributed by atoms with van der Waals surface area (Å²) in [4.78, 5) is 11.1. The van der Waals surface area contributed by atoms with Crippen molar-refractivity contribution >= 4 is 17.2 Å². The number of aryl methyl sites for hydroxylation is 1. The molecule has 0 spiro atoms. The number of Topliss-reactive ketones (excluding diaryl/α,β-unsaturated/α-hetero) is 1. The Morgan fingerprint density at radius 3 is 2.44 bits per heavy atom. The third-order valence-electron chi connectivity index (χ3n) is 2.28. The van der Waals surface area contributed by atoms with Gasteiger partial charge in [-0.15, -0.1) is 0 Å². The first-order chi connectivity index (χ1) is 7.65. The first kappa shape index (κ1) is 10.4. The van der Waals surface area contributed by atoms with E-state index in [2.05, 4.69) is 10.4 Å². The van der Waals surface area contributed by atoms with Gasteiger partial charge in [0.05, 0.1) is 11.9 Å². The molecule has 82 valence electrons. The predicted octanol–water partition coefficient (Wildman–Crippen LogP) is 2.37. The molecule has 0 radical (unpaired) electrons. The van der Waals surface area contributed by atoms with Gasteiger partial charge in [-0.05, 0) is 31.2 Å². The fraction of sp³-hybridized carbons (Fsp3) is 0.167. The highest BCUT2D eigenvalue weighted by Gasteiger charge is 2.00. The summed E-state index contributed by atoms with van der Waals surface area (Å²) in [6.45, 7) is 1.56. The van der Waals surface area contributed by atoms with Crippen LogP contribution in [0.1, 0.15) is 17.3 Å². The molecule has 1 aromatic heterocycles. The van der Waals surface area contributed by atoms with Gasteiger partial charge in [0, 0.05) is 24.5 Å². The Hall–Kier alpha value is -2.10. The number of carbonyl (C=O) groups excluding carboxylic acids is 1. The third-order valence-corrected chi connectivity index (χ3v) is 2.28. The molecule has 0 aliphatic rings. The molecule has 1 heterocycles. The van der Waals surface area contributed by atoms with Gasteiger partial charge in [-0.1, -0.05) is 0 Å². The lowest BCUT2D eigenvalue weighted by molar-refractivity contribution is 0.101. The van der Waals surface area contributed by atoms with Crippen molar-refractivity contribution in [3.8, 4) is 0 Å².